The third-order valence-corrected chi connectivity index (χ3v) is 6.10. The van der Waals surface area contributed by atoms with E-state index in [1.807, 2.05) is 48.7 Å². The number of rotatable bonds is 9. The van der Waals surface area contributed by atoms with E-state index in [9.17, 15) is 9.59 Å². The second-order valence-electron chi connectivity index (χ2n) is 7.18. The van der Waals surface area contributed by atoms with E-state index in [0.29, 0.717) is 31.1 Å². The van der Waals surface area contributed by atoms with Crippen molar-refractivity contribution in [1.29, 1.82) is 0 Å². The molecule has 0 bridgehead atoms. The normalized spacial score (nSPS) is 15.6. The van der Waals surface area contributed by atoms with Crippen LogP contribution in [0.2, 0.25) is 5.02 Å². The minimum Gasteiger partial charge on any atom is -0.383 e. The second-order valence-corrected chi connectivity index (χ2v) is 8.56. The number of carbonyl (C=O) groups excluding carboxylic acids is 2. The molecule has 2 heterocycles. The lowest BCUT2D eigenvalue weighted by Crippen LogP contribution is -2.47. The predicted molar refractivity (Wildman–Crippen MR) is 124 cm³/mol. The Balaban J connectivity index is 1.82. The zero-order valence-electron chi connectivity index (χ0n) is 17.7. The summed E-state index contributed by atoms with van der Waals surface area (Å²) in [7, 11) is 1.57. The highest BCUT2D eigenvalue weighted by atomic mass is 35.5. The van der Waals surface area contributed by atoms with E-state index in [1.54, 1.807) is 18.4 Å². The van der Waals surface area contributed by atoms with Crippen LogP contribution in [0.1, 0.15) is 36.2 Å². The molecule has 0 radical (unpaired) electrons. The second kappa shape index (κ2) is 11.3. The predicted octanol–water partition coefficient (Wildman–Crippen LogP) is 4.15. The Hall–Kier alpha value is -2.42. The zero-order chi connectivity index (χ0) is 22.2. The molecule has 0 fully saturated rings. The number of benzene rings is 1. The van der Waals surface area contributed by atoms with Gasteiger partial charge in [0.05, 0.1) is 23.2 Å². The summed E-state index contributed by atoms with van der Waals surface area (Å²) in [5.41, 5.74) is 1.81. The van der Waals surface area contributed by atoms with Crippen LogP contribution in [0.4, 0.5) is 4.79 Å². The van der Waals surface area contributed by atoms with Gasteiger partial charge in [0.1, 0.15) is 6.54 Å². The maximum atomic E-state index is 13.3. The quantitative estimate of drug-likeness (QED) is 0.608. The van der Waals surface area contributed by atoms with Gasteiger partial charge in [-0.1, -0.05) is 36.7 Å². The summed E-state index contributed by atoms with van der Waals surface area (Å²) in [6.45, 7) is 3.11. The van der Waals surface area contributed by atoms with E-state index in [2.05, 4.69) is 10.4 Å². The van der Waals surface area contributed by atoms with Gasteiger partial charge < -0.3 is 15.0 Å². The summed E-state index contributed by atoms with van der Waals surface area (Å²) in [5.74, 6) is -0.241. The van der Waals surface area contributed by atoms with Gasteiger partial charge in [0.25, 0.3) is 5.91 Å². The Bertz CT molecular complexity index is 902. The van der Waals surface area contributed by atoms with Crippen molar-refractivity contribution < 1.29 is 14.3 Å². The summed E-state index contributed by atoms with van der Waals surface area (Å²) in [4.78, 5) is 28.3. The number of hydrogen-bond donors (Lipinski definition) is 1. The lowest BCUT2D eigenvalue weighted by Gasteiger charge is -2.27. The van der Waals surface area contributed by atoms with Crippen molar-refractivity contribution in [3.05, 3.63) is 57.2 Å². The van der Waals surface area contributed by atoms with Crippen LogP contribution in [-0.2, 0) is 9.53 Å². The molecule has 1 aromatic heterocycles. The number of amides is 3. The van der Waals surface area contributed by atoms with Crippen LogP contribution < -0.4 is 5.32 Å². The van der Waals surface area contributed by atoms with Gasteiger partial charge >= 0.3 is 6.03 Å². The third kappa shape index (κ3) is 6.06. The summed E-state index contributed by atoms with van der Waals surface area (Å²) in [6.07, 6.45) is 1.42. The number of halogens is 1. The monoisotopic (exact) mass is 462 g/mol. The molecule has 166 valence electrons. The molecule has 1 aliphatic heterocycles. The van der Waals surface area contributed by atoms with Crippen molar-refractivity contribution in [3.8, 4) is 0 Å². The van der Waals surface area contributed by atoms with Gasteiger partial charge in [-0.2, -0.15) is 5.10 Å². The van der Waals surface area contributed by atoms with Crippen LogP contribution in [-0.4, -0.2) is 60.9 Å². The first-order valence-corrected chi connectivity index (χ1v) is 11.5. The summed E-state index contributed by atoms with van der Waals surface area (Å²) in [6, 6.07) is 10.9. The van der Waals surface area contributed by atoms with Crippen molar-refractivity contribution in [1.82, 2.24) is 15.2 Å². The highest BCUT2D eigenvalue weighted by Gasteiger charge is 2.34. The number of hydrogen-bond acceptors (Lipinski definition) is 5. The van der Waals surface area contributed by atoms with Gasteiger partial charge in [-0.25, -0.2) is 9.80 Å². The summed E-state index contributed by atoms with van der Waals surface area (Å²) in [5, 5.41) is 11.6. The number of nitrogens with one attached hydrogen (secondary N) is 1. The smallest absolute Gasteiger partial charge is 0.317 e. The average Bonchev–Trinajstić information content (AvgIpc) is 3.45. The minimum atomic E-state index is -0.281. The number of hydrazone groups is 1. The largest absolute Gasteiger partial charge is 0.383 e. The van der Waals surface area contributed by atoms with Crippen LogP contribution in [0.25, 0.3) is 0 Å². The van der Waals surface area contributed by atoms with Crippen molar-refractivity contribution >= 4 is 40.6 Å². The van der Waals surface area contributed by atoms with Gasteiger partial charge in [-0.3, -0.25) is 4.79 Å². The fourth-order valence-corrected chi connectivity index (χ4v) is 4.16. The van der Waals surface area contributed by atoms with Crippen LogP contribution in [0.15, 0.2) is 46.9 Å². The molecule has 1 N–H and O–H groups in total. The number of ether oxygens (including phenoxy) is 1. The Morgan fingerprint density at radius 2 is 2.10 bits per heavy atom. The van der Waals surface area contributed by atoms with Crippen LogP contribution in [0.5, 0.6) is 0 Å². The van der Waals surface area contributed by atoms with E-state index in [1.165, 1.54) is 9.91 Å². The standard InChI is InChI=1S/C22H27ClN4O3S/c1-3-10-24-22(29)26(11-12-30-2)15-21(28)27-19(16-6-8-17(23)9-7-16)14-18(25-27)20-5-4-13-31-20/h4-9,13,19H,3,10-12,14-15H2,1-2H3,(H,24,29)/t19-/m0/s1. The van der Waals surface area contributed by atoms with Crippen molar-refractivity contribution in [2.75, 3.05) is 33.4 Å². The Labute approximate surface area is 191 Å². The SMILES string of the molecule is CCCNC(=O)N(CCOC)CC(=O)N1N=C(c2cccs2)C[C@H]1c1ccc(Cl)cc1. The molecule has 0 spiro atoms. The Morgan fingerprint density at radius 3 is 2.74 bits per heavy atom. The molecule has 3 rings (SSSR count). The Morgan fingerprint density at radius 1 is 1.32 bits per heavy atom. The van der Waals surface area contributed by atoms with Crippen LogP contribution in [0.3, 0.4) is 0 Å². The fraction of sp³-hybridized carbons (Fsp3) is 0.409. The van der Waals surface area contributed by atoms with E-state index >= 15 is 0 Å². The summed E-state index contributed by atoms with van der Waals surface area (Å²) >= 11 is 7.64. The minimum absolute atomic E-state index is 0.0791. The Kier molecular flexibility index (Phi) is 8.45. The lowest BCUT2D eigenvalue weighted by molar-refractivity contribution is -0.133. The number of nitrogens with zero attached hydrogens (tertiary/aromatic N) is 3. The first-order chi connectivity index (χ1) is 15.0. The van der Waals surface area contributed by atoms with Crippen LogP contribution in [0, 0.1) is 0 Å². The lowest BCUT2D eigenvalue weighted by atomic mass is 10.0. The molecule has 31 heavy (non-hydrogen) atoms. The molecule has 0 saturated heterocycles. The third-order valence-electron chi connectivity index (χ3n) is 4.93. The maximum absolute atomic E-state index is 13.3. The topological polar surface area (TPSA) is 74.2 Å². The highest BCUT2D eigenvalue weighted by molar-refractivity contribution is 7.12. The molecule has 2 aromatic rings. The highest BCUT2D eigenvalue weighted by Crippen LogP contribution is 2.34. The van der Waals surface area contributed by atoms with E-state index in [0.717, 1.165) is 22.6 Å². The molecule has 1 aromatic carbocycles. The molecule has 1 atom stereocenters. The average molecular weight is 463 g/mol. The first-order valence-electron chi connectivity index (χ1n) is 10.2. The van der Waals surface area contributed by atoms with Gasteiger partial charge in [0.2, 0.25) is 0 Å². The molecule has 1 aliphatic rings. The number of thiophene rings is 1. The van der Waals surface area contributed by atoms with Gasteiger partial charge in [-0.15, -0.1) is 11.3 Å². The molecule has 0 aliphatic carbocycles. The van der Waals surface area contributed by atoms with E-state index in [-0.39, 0.29) is 24.5 Å². The van der Waals surface area contributed by atoms with Gasteiger partial charge in [-0.05, 0) is 35.6 Å². The van der Waals surface area contributed by atoms with Crippen molar-refractivity contribution in [2.45, 2.75) is 25.8 Å². The number of urea groups is 1. The zero-order valence-corrected chi connectivity index (χ0v) is 19.3. The maximum Gasteiger partial charge on any atom is 0.317 e. The molecule has 7 nitrogen and oxygen atoms in total. The number of carbonyl (C=O) groups is 2. The van der Waals surface area contributed by atoms with Gasteiger partial charge in [0.15, 0.2) is 0 Å². The van der Waals surface area contributed by atoms with Crippen molar-refractivity contribution in [2.24, 2.45) is 5.10 Å². The first kappa shape index (κ1) is 23.2. The molecular formula is C22H27ClN4O3S. The van der Waals surface area contributed by atoms with E-state index in [4.69, 9.17) is 16.3 Å². The number of methoxy groups -OCH3 is 1. The van der Waals surface area contributed by atoms with Gasteiger partial charge in [0, 0.05) is 31.6 Å². The van der Waals surface area contributed by atoms with Crippen molar-refractivity contribution in [3.63, 3.8) is 0 Å². The van der Waals surface area contributed by atoms with Crippen LogP contribution >= 0.6 is 22.9 Å². The molecule has 0 saturated carbocycles. The fourth-order valence-electron chi connectivity index (χ4n) is 3.31. The molecule has 0 unspecified atom stereocenters. The molecular weight excluding hydrogens is 436 g/mol. The molecule has 3 amide bonds. The molecule has 9 heteroatoms. The summed E-state index contributed by atoms with van der Waals surface area (Å²) < 4.78 is 5.12. The van der Waals surface area contributed by atoms with E-state index < -0.39 is 0 Å².